The van der Waals surface area contributed by atoms with Gasteiger partial charge in [-0.05, 0) is 62.5 Å². The van der Waals surface area contributed by atoms with Gasteiger partial charge in [0.15, 0.2) is 0 Å². The Morgan fingerprint density at radius 3 is 2.55 bits per heavy atom. The van der Waals surface area contributed by atoms with Crippen molar-refractivity contribution in [2.45, 2.75) is 44.8 Å². The summed E-state index contributed by atoms with van der Waals surface area (Å²) in [5.74, 6) is 0.308. The fraction of sp³-hybridized carbons (Fsp3) is 0.500. The molecule has 0 bridgehead atoms. The van der Waals surface area contributed by atoms with Crippen molar-refractivity contribution in [2.75, 3.05) is 26.2 Å². The number of likely N-dealkylation sites (tertiary alicyclic amines) is 2. The molecule has 0 radical (unpaired) electrons. The van der Waals surface area contributed by atoms with Gasteiger partial charge in [0, 0.05) is 38.1 Å². The SMILES string of the molecule is O=C(NCc1cccnc1)[C@@H]1CCCN(C2CCN(Cc3ccccc3)CC2)C1. The van der Waals surface area contributed by atoms with E-state index in [0.29, 0.717) is 12.6 Å². The van der Waals surface area contributed by atoms with Gasteiger partial charge >= 0.3 is 0 Å². The van der Waals surface area contributed by atoms with Crippen LogP contribution in [0.5, 0.6) is 0 Å². The summed E-state index contributed by atoms with van der Waals surface area (Å²) >= 11 is 0. The summed E-state index contributed by atoms with van der Waals surface area (Å²) in [6.07, 6.45) is 8.11. The molecule has 5 heteroatoms. The van der Waals surface area contributed by atoms with Gasteiger partial charge < -0.3 is 5.32 Å². The van der Waals surface area contributed by atoms with E-state index >= 15 is 0 Å². The second-order valence-electron chi connectivity index (χ2n) is 8.41. The highest BCUT2D eigenvalue weighted by atomic mass is 16.1. The van der Waals surface area contributed by atoms with Gasteiger partial charge in [-0.3, -0.25) is 19.6 Å². The molecule has 3 heterocycles. The lowest BCUT2D eigenvalue weighted by molar-refractivity contribution is -0.127. The van der Waals surface area contributed by atoms with Gasteiger partial charge in [0.2, 0.25) is 5.91 Å². The molecule has 2 aliphatic rings. The average molecular weight is 393 g/mol. The van der Waals surface area contributed by atoms with E-state index in [-0.39, 0.29) is 11.8 Å². The monoisotopic (exact) mass is 392 g/mol. The summed E-state index contributed by atoms with van der Waals surface area (Å²) in [6, 6.07) is 15.3. The van der Waals surface area contributed by atoms with Crippen LogP contribution in [0.1, 0.15) is 36.8 Å². The minimum atomic E-state index is 0.114. The number of carbonyl (C=O) groups is 1. The zero-order chi connectivity index (χ0) is 19.9. The van der Waals surface area contributed by atoms with Crippen molar-refractivity contribution in [3.05, 3.63) is 66.0 Å². The van der Waals surface area contributed by atoms with Crippen molar-refractivity contribution in [3.63, 3.8) is 0 Å². The molecule has 1 N–H and O–H groups in total. The van der Waals surface area contributed by atoms with E-state index in [9.17, 15) is 4.79 Å². The number of amides is 1. The number of piperidine rings is 2. The molecule has 0 unspecified atom stereocenters. The molecule has 4 rings (SSSR count). The van der Waals surface area contributed by atoms with E-state index in [4.69, 9.17) is 0 Å². The second kappa shape index (κ2) is 9.99. The van der Waals surface area contributed by atoms with Crippen LogP contribution >= 0.6 is 0 Å². The van der Waals surface area contributed by atoms with Crippen LogP contribution in [0.3, 0.4) is 0 Å². The first-order valence-corrected chi connectivity index (χ1v) is 10.9. The topological polar surface area (TPSA) is 48.5 Å². The Labute approximate surface area is 174 Å². The first-order chi connectivity index (χ1) is 14.3. The Morgan fingerprint density at radius 2 is 1.79 bits per heavy atom. The minimum absolute atomic E-state index is 0.114. The number of hydrogen-bond acceptors (Lipinski definition) is 4. The standard InChI is InChI=1S/C24H32N4O/c29-24(26-17-21-8-4-12-25-16-21)22-9-5-13-28(19-22)23-10-14-27(15-11-23)18-20-6-2-1-3-7-20/h1-4,6-8,12,16,22-23H,5,9-11,13-15,17-19H2,(H,26,29)/t22-/m1/s1. The minimum Gasteiger partial charge on any atom is -0.352 e. The van der Waals surface area contributed by atoms with Crippen LogP contribution in [0, 0.1) is 5.92 Å². The van der Waals surface area contributed by atoms with E-state index in [1.54, 1.807) is 6.20 Å². The number of rotatable bonds is 6. The number of carbonyl (C=O) groups excluding carboxylic acids is 1. The van der Waals surface area contributed by atoms with Crippen molar-refractivity contribution in [1.29, 1.82) is 0 Å². The molecule has 2 aliphatic heterocycles. The molecular formula is C24H32N4O. The predicted octanol–water partition coefficient (Wildman–Crippen LogP) is 3.07. The van der Waals surface area contributed by atoms with Crippen molar-refractivity contribution < 1.29 is 4.79 Å². The largest absolute Gasteiger partial charge is 0.352 e. The first kappa shape index (κ1) is 20.0. The summed E-state index contributed by atoms with van der Waals surface area (Å²) in [5.41, 5.74) is 2.45. The predicted molar refractivity (Wildman–Crippen MR) is 115 cm³/mol. The Hall–Kier alpha value is -2.24. The zero-order valence-electron chi connectivity index (χ0n) is 17.2. The maximum atomic E-state index is 12.7. The number of aromatic nitrogens is 1. The van der Waals surface area contributed by atoms with Crippen molar-refractivity contribution in [2.24, 2.45) is 5.92 Å². The third-order valence-corrected chi connectivity index (χ3v) is 6.34. The lowest BCUT2D eigenvalue weighted by Crippen LogP contribution is -2.50. The highest BCUT2D eigenvalue weighted by molar-refractivity contribution is 5.78. The Morgan fingerprint density at radius 1 is 1.00 bits per heavy atom. The molecule has 0 spiro atoms. The van der Waals surface area contributed by atoms with Crippen LogP contribution in [0.4, 0.5) is 0 Å². The third kappa shape index (κ3) is 5.64. The highest BCUT2D eigenvalue weighted by Gasteiger charge is 2.31. The van der Waals surface area contributed by atoms with Crippen LogP contribution in [-0.4, -0.2) is 52.9 Å². The molecular weight excluding hydrogens is 360 g/mol. The average Bonchev–Trinajstić information content (AvgIpc) is 2.79. The smallest absolute Gasteiger partial charge is 0.224 e. The van der Waals surface area contributed by atoms with Gasteiger partial charge in [0.1, 0.15) is 0 Å². The molecule has 5 nitrogen and oxygen atoms in total. The maximum absolute atomic E-state index is 12.7. The number of nitrogens with one attached hydrogen (secondary N) is 1. The molecule has 0 aliphatic carbocycles. The van der Waals surface area contributed by atoms with Gasteiger partial charge in [0.05, 0.1) is 5.92 Å². The van der Waals surface area contributed by atoms with Gasteiger partial charge in [0.25, 0.3) is 0 Å². The fourth-order valence-corrected chi connectivity index (χ4v) is 4.67. The zero-order valence-corrected chi connectivity index (χ0v) is 17.2. The summed E-state index contributed by atoms with van der Waals surface area (Å²) in [7, 11) is 0. The Bertz CT molecular complexity index is 759. The third-order valence-electron chi connectivity index (χ3n) is 6.34. The quantitative estimate of drug-likeness (QED) is 0.821. The molecule has 1 atom stereocenters. The number of pyridine rings is 1. The van der Waals surface area contributed by atoms with E-state index in [1.807, 2.05) is 18.3 Å². The van der Waals surface area contributed by atoms with E-state index in [0.717, 1.165) is 51.1 Å². The van der Waals surface area contributed by atoms with E-state index < -0.39 is 0 Å². The van der Waals surface area contributed by atoms with Gasteiger partial charge in [-0.25, -0.2) is 0 Å². The molecule has 0 saturated carbocycles. The van der Waals surface area contributed by atoms with E-state index in [2.05, 4.69) is 50.4 Å². The van der Waals surface area contributed by atoms with Gasteiger partial charge in [-0.1, -0.05) is 36.4 Å². The van der Waals surface area contributed by atoms with Gasteiger partial charge in [-0.2, -0.15) is 0 Å². The van der Waals surface area contributed by atoms with Crippen molar-refractivity contribution in [3.8, 4) is 0 Å². The molecule has 154 valence electrons. The fourth-order valence-electron chi connectivity index (χ4n) is 4.67. The molecule has 2 aromatic rings. The number of benzene rings is 1. The molecule has 1 amide bonds. The van der Waals surface area contributed by atoms with Gasteiger partial charge in [-0.15, -0.1) is 0 Å². The van der Waals surface area contributed by atoms with Crippen molar-refractivity contribution in [1.82, 2.24) is 20.1 Å². The van der Waals surface area contributed by atoms with Crippen LogP contribution in [-0.2, 0) is 17.9 Å². The van der Waals surface area contributed by atoms with Crippen LogP contribution < -0.4 is 5.32 Å². The lowest BCUT2D eigenvalue weighted by Gasteiger charge is -2.42. The Kier molecular flexibility index (Phi) is 6.91. The first-order valence-electron chi connectivity index (χ1n) is 10.9. The maximum Gasteiger partial charge on any atom is 0.224 e. The summed E-state index contributed by atoms with van der Waals surface area (Å²) in [5, 5.41) is 3.11. The van der Waals surface area contributed by atoms with Crippen molar-refractivity contribution >= 4 is 5.91 Å². The molecule has 2 saturated heterocycles. The number of hydrogen-bond donors (Lipinski definition) is 1. The normalized spacial score (nSPS) is 21.7. The summed E-state index contributed by atoms with van der Waals surface area (Å²) < 4.78 is 0. The molecule has 2 fully saturated rings. The van der Waals surface area contributed by atoms with Crippen LogP contribution in [0.15, 0.2) is 54.9 Å². The Balaban J connectivity index is 1.23. The molecule has 1 aromatic carbocycles. The van der Waals surface area contributed by atoms with E-state index in [1.165, 1.54) is 18.4 Å². The van der Waals surface area contributed by atoms with Crippen LogP contribution in [0.25, 0.3) is 0 Å². The molecule has 29 heavy (non-hydrogen) atoms. The second-order valence-corrected chi connectivity index (χ2v) is 8.41. The number of nitrogens with zero attached hydrogens (tertiary/aromatic N) is 3. The highest BCUT2D eigenvalue weighted by Crippen LogP contribution is 2.24. The molecule has 1 aromatic heterocycles. The lowest BCUT2D eigenvalue weighted by atomic mass is 9.93. The summed E-state index contributed by atoms with van der Waals surface area (Å²) in [6.45, 7) is 5.95. The van der Waals surface area contributed by atoms with Crippen LogP contribution in [0.2, 0.25) is 0 Å². The summed E-state index contributed by atoms with van der Waals surface area (Å²) in [4.78, 5) is 22.0.